The quantitative estimate of drug-likeness (QED) is 0.293. The lowest BCUT2D eigenvalue weighted by molar-refractivity contribution is -0.274. The molecule has 1 fully saturated rings. The summed E-state index contributed by atoms with van der Waals surface area (Å²) < 4.78 is 57.6. The number of fused-ring (bicyclic) bond motifs is 1. The lowest BCUT2D eigenvalue weighted by Crippen LogP contribution is -2.29. The highest BCUT2D eigenvalue weighted by atomic mass is 19.4. The lowest BCUT2D eigenvalue weighted by Gasteiger charge is -2.26. The first-order chi connectivity index (χ1) is 17.7. The Kier molecular flexibility index (Phi) is 5.90. The first-order valence-corrected chi connectivity index (χ1v) is 10.9. The predicted molar refractivity (Wildman–Crippen MR) is 123 cm³/mol. The number of amides is 1. The van der Waals surface area contributed by atoms with E-state index >= 15 is 0 Å². The van der Waals surface area contributed by atoms with Crippen molar-refractivity contribution >= 4 is 23.1 Å². The predicted octanol–water partition coefficient (Wildman–Crippen LogP) is 4.95. The van der Waals surface area contributed by atoms with Crippen molar-refractivity contribution in [1.82, 2.24) is 0 Å². The number of carbonyl (C=O) groups is 2. The largest absolute Gasteiger partial charge is 0.573 e. The van der Waals surface area contributed by atoms with E-state index in [0.717, 1.165) is 17.0 Å². The number of aliphatic hydroxyl groups excluding tert-OH is 1. The molecule has 8 nitrogen and oxygen atoms in total. The highest BCUT2D eigenvalue weighted by molar-refractivity contribution is 6.51. The van der Waals surface area contributed by atoms with Crippen molar-refractivity contribution in [1.29, 1.82) is 0 Å². The number of rotatable bonds is 5. The highest BCUT2D eigenvalue weighted by Crippen LogP contribution is 2.44. The third-order valence-electron chi connectivity index (χ3n) is 5.85. The monoisotopic (exact) mass is 513 g/mol. The van der Waals surface area contributed by atoms with Crippen molar-refractivity contribution < 1.29 is 46.8 Å². The Morgan fingerprint density at radius 1 is 0.973 bits per heavy atom. The van der Waals surface area contributed by atoms with E-state index in [0.29, 0.717) is 22.8 Å². The van der Waals surface area contributed by atoms with Gasteiger partial charge in [0.2, 0.25) is 6.79 Å². The van der Waals surface area contributed by atoms with Crippen LogP contribution in [0.15, 0.2) is 72.3 Å². The van der Waals surface area contributed by atoms with Crippen LogP contribution >= 0.6 is 0 Å². The maximum absolute atomic E-state index is 13.3. The maximum atomic E-state index is 13.3. The number of benzene rings is 3. The minimum absolute atomic E-state index is 0.00178. The number of alkyl halides is 3. The smallest absolute Gasteiger partial charge is 0.507 e. The highest BCUT2D eigenvalue weighted by Gasteiger charge is 2.47. The van der Waals surface area contributed by atoms with Crippen molar-refractivity contribution in [2.24, 2.45) is 0 Å². The second-order valence-electron chi connectivity index (χ2n) is 8.06. The summed E-state index contributed by atoms with van der Waals surface area (Å²) in [5.74, 6) is -1.65. The van der Waals surface area contributed by atoms with Crippen LogP contribution < -0.4 is 23.8 Å². The summed E-state index contributed by atoms with van der Waals surface area (Å²) in [5.41, 5.74) is 0.544. The fraction of sp³-hybridized carbons (Fsp3) is 0.154. The fourth-order valence-corrected chi connectivity index (χ4v) is 4.23. The number of halogens is 3. The van der Waals surface area contributed by atoms with E-state index in [1.165, 1.54) is 31.4 Å². The van der Waals surface area contributed by atoms with Crippen LogP contribution in [0.2, 0.25) is 0 Å². The summed E-state index contributed by atoms with van der Waals surface area (Å²) in [6.45, 7) is 0.00178. The second kappa shape index (κ2) is 9.08. The summed E-state index contributed by atoms with van der Waals surface area (Å²) in [4.78, 5) is 27.6. The SMILES string of the molecule is COc1cccc(C2/C(=C(/O)c3ccc4c(c3)OCO4)C(=O)C(=O)N2c2ccc(OC(F)(F)F)cc2)c1. The molecule has 3 aromatic rings. The van der Waals surface area contributed by atoms with Gasteiger partial charge >= 0.3 is 6.36 Å². The van der Waals surface area contributed by atoms with Crippen molar-refractivity contribution in [3.63, 3.8) is 0 Å². The summed E-state index contributed by atoms with van der Waals surface area (Å²) in [6.07, 6.45) is -4.89. The van der Waals surface area contributed by atoms with Gasteiger partial charge in [0.15, 0.2) is 11.5 Å². The molecule has 11 heteroatoms. The van der Waals surface area contributed by atoms with Crippen LogP contribution in [0, 0.1) is 0 Å². The van der Waals surface area contributed by atoms with Crippen molar-refractivity contribution in [2.75, 3.05) is 18.8 Å². The zero-order valence-electron chi connectivity index (χ0n) is 19.1. The molecule has 1 unspecified atom stereocenters. The van der Waals surface area contributed by atoms with Gasteiger partial charge in [-0.15, -0.1) is 13.2 Å². The Labute approximate surface area is 208 Å². The average Bonchev–Trinajstić information content (AvgIpc) is 3.45. The number of hydrogen-bond donors (Lipinski definition) is 1. The van der Waals surface area contributed by atoms with E-state index in [-0.39, 0.29) is 23.6 Å². The van der Waals surface area contributed by atoms with Crippen molar-refractivity contribution in [3.8, 4) is 23.0 Å². The van der Waals surface area contributed by atoms with Gasteiger partial charge in [-0.2, -0.15) is 0 Å². The fourth-order valence-electron chi connectivity index (χ4n) is 4.23. The molecule has 37 heavy (non-hydrogen) atoms. The summed E-state index contributed by atoms with van der Waals surface area (Å²) in [5, 5.41) is 11.2. The third kappa shape index (κ3) is 4.51. The number of aliphatic hydroxyl groups is 1. The molecule has 2 aliphatic rings. The maximum Gasteiger partial charge on any atom is 0.573 e. The average molecular weight is 513 g/mol. The van der Waals surface area contributed by atoms with Crippen molar-refractivity contribution in [2.45, 2.75) is 12.4 Å². The molecule has 1 atom stereocenters. The minimum Gasteiger partial charge on any atom is -0.507 e. The Morgan fingerprint density at radius 3 is 2.41 bits per heavy atom. The third-order valence-corrected chi connectivity index (χ3v) is 5.85. The number of hydrogen-bond acceptors (Lipinski definition) is 7. The topological polar surface area (TPSA) is 94.5 Å². The van der Waals surface area contributed by atoms with Crippen molar-refractivity contribution in [3.05, 3.63) is 83.4 Å². The minimum atomic E-state index is -4.89. The molecule has 0 bridgehead atoms. The number of ether oxygens (including phenoxy) is 4. The van der Waals surface area contributed by atoms with Gasteiger partial charge in [0.1, 0.15) is 17.3 Å². The Hall–Kier alpha value is -4.67. The molecule has 2 heterocycles. The molecule has 0 saturated carbocycles. The zero-order chi connectivity index (χ0) is 26.3. The molecule has 0 aromatic heterocycles. The number of nitrogens with zero attached hydrogens (tertiary/aromatic N) is 1. The van der Waals surface area contributed by atoms with Gasteiger partial charge in [0, 0.05) is 11.3 Å². The van der Waals surface area contributed by atoms with Crippen LogP contribution in [-0.4, -0.2) is 37.1 Å². The van der Waals surface area contributed by atoms with Crippen LogP contribution in [0.25, 0.3) is 5.76 Å². The van der Waals surface area contributed by atoms with Gasteiger partial charge in [-0.05, 0) is 60.2 Å². The molecular formula is C26H18F3NO7. The van der Waals surface area contributed by atoms with E-state index in [9.17, 15) is 27.9 Å². The molecule has 190 valence electrons. The lowest BCUT2D eigenvalue weighted by atomic mass is 9.95. The van der Waals surface area contributed by atoms with Crippen LogP contribution in [0.5, 0.6) is 23.0 Å². The summed E-state index contributed by atoms with van der Waals surface area (Å²) in [7, 11) is 1.45. The summed E-state index contributed by atoms with van der Waals surface area (Å²) >= 11 is 0. The van der Waals surface area contributed by atoms with Gasteiger partial charge in [0.25, 0.3) is 11.7 Å². The Balaban J connectivity index is 1.64. The first-order valence-electron chi connectivity index (χ1n) is 10.9. The first kappa shape index (κ1) is 24.0. The van der Waals surface area contributed by atoms with E-state index in [1.54, 1.807) is 30.3 Å². The molecular weight excluding hydrogens is 495 g/mol. The van der Waals surface area contributed by atoms with Gasteiger partial charge in [-0.25, -0.2) is 0 Å². The molecule has 1 N–H and O–H groups in total. The number of ketones is 1. The van der Waals surface area contributed by atoms with Gasteiger partial charge in [-0.1, -0.05) is 12.1 Å². The van der Waals surface area contributed by atoms with Gasteiger partial charge in [-0.3, -0.25) is 14.5 Å². The number of anilines is 1. The summed E-state index contributed by atoms with van der Waals surface area (Å²) in [6, 6.07) is 14.5. The molecule has 0 radical (unpaired) electrons. The molecule has 3 aromatic carbocycles. The molecule has 0 spiro atoms. The zero-order valence-corrected chi connectivity index (χ0v) is 19.1. The number of Topliss-reactive ketones (excluding diaryl/α,β-unsaturated/α-hetero) is 1. The van der Waals surface area contributed by atoms with E-state index in [2.05, 4.69) is 4.74 Å². The molecule has 0 aliphatic carbocycles. The number of methoxy groups -OCH3 is 1. The normalized spacial score (nSPS) is 18.3. The van der Waals surface area contributed by atoms with Crippen LogP contribution in [-0.2, 0) is 9.59 Å². The van der Waals surface area contributed by atoms with Gasteiger partial charge in [0.05, 0.1) is 18.7 Å². The Bertz CT molecular complexity index is 1420. The van der Waals surface area contributed by atoms with E-state index < -0.39 is 35.6 Å². The second-order valence-corrected chi connectivity index (χ2v) is 8.06. The van der Waals surface area contributed by atoms with Crippen LogP contribution in [0.4, 0.5) is 18.9 Å². The standard InChI is InChI=1S/C26H18F3NO7/c1-34-18-4-2-3-14(11-18)22-21(23(31)15-5-10-19-20(12-15)36-13-35-19)24(32)25(33)30(22)16-6-8-17(9-7-16)37-26(27,28)29/h2-12,22,31H,13H2,1H3/b23-21-. The van der Waals surface area contributed by atoms with Crippen LogP contribution in [0.1, 0.15) is 17.2 Å². The van der Waals surface area contributed by atoms with Crippen LogP contribution in [0.3, 0.4) is 0 Å². The molecule has 1 saturated heterocycles. The molecule has 1 amide bonds. The van der Waals surface area contributed by atoms with E-state index in [4.69, 9.17) is 14.2 Å². The number of carbonyl (C=O) groups excluding carboxylic acids is 2. The Morgan fingerprint density at radius 2 is 1.70 bits per heavy atom. The van der Waals surface area contributed by atoms with Gasteiger partial charge < -0.3 is 24.1 Å². The van der Waals surface area contributed by atoms with E-state index in [1.807, 2.05) is 0 Å². The molecule has 5 rings (SSSR count). The molecule has 2 aliphatic heterocycles.